The SMILES string of the molecule is CCNC(=NCC(O)c1cccc(OC(C)C)c1)NCCc1ncc(CC)s1.I. The summed E-state index contributed by atoms with van der Waals surface area (Å²) in [6, 6.07) is 7.55. The third-order valence-electron chi connectivity index (χ3n) is 3.96. The first kappa shape index (κ1) is 25.6. The first-order valence-electron chi connectivity index (χ1n) is 9.92. The van der Waals surface area contributed by atoms with Crippen LogP contribution in [0.5, 0.6) is 5.75 Å². The van der Waals surface area contributed by atoms with Gasteiger partial charge < -0.3 is 20.5 Å². The van der Waals surface area contributed by atoms with E-state index in [9.17, 15) is 5.11 Å². The average Bonchev–Trinajstić information content (AvgIpc) is 3.13. The lowest BCUT2D eigenvalue weighted by atomic mass is 10.1. The summed E-state index contributed by atoms with van der Waals surface area (Å²) >= 11 is 1.76. The molecule has 1 unspecified atom stereocenters. The number of guanidine groups is 1. The van der Waals surface area contributed by atoms with Crippen molar-refractivity contribution >= 4 is 41.3 Å². The number of nitrogens with one attached hydrogen (secondary N) is 2. The summed E-state index contributed by atoms with van der Waals surface area (Å²) < 4.78 is 5.70. The molecule has 0 amide bonds. The van der Waals surface area contributed by atoms with E-state index in [1.807, 2.05) is 51.2 Å². The van der Waals surface area contributed by atoms with Crippen molar-refractivity contribution in [2.45, 2.75) is 52.7 Å². The number of ether oxygens (including phenoxy) is 1. The Bertz CT molecular complexity index is 752. The summed E-state index contributed by atoms with van der Waals surface area (Å²) in [5.74, 6) is 1.46. The molecular weight excluding hydrogens is 499 g/mol. The fourth-order valence-electron chi connectivity index (χ4n) is 2.61. The number of hydrogen-bond donors (Lipinski definition) is 3. The second-order valence-electron chi connectivity index (χ2n) is 6.73. The van der Waals surface area contributed by atoms with E-state index in [1.165, 1.54) is 4.88 Å². The van der Waals surface area contributed by atoms with E-state index in [4.69, 9.17) is 4.74 Å². The van der Waals surface area contributed by atoms with E-state index in [-0.39, 0.29) is 36.6 Å². The minimum absolute atomic E-state index is 0. The van der Waals surface area contributed by atoms with E-state index in [2.05, 4.69) is 27.5 Å². The molecule has 2 rings (SSSR count). The number of aliphatic hydroxyl groups is 1. The van der Waals surface area contributed by atoms with Crippen LogP contribution in [0.25, 0.3) is 0 Å². The molecule has 8 heteroatoms. The Balaban J connectivity index is 0.00000420. The van der Waals surface area contributed by atoms with Crippen LogP contribution >= 0.6 is 35.3 Å². The van der Waals surface area contributed by atoms with Gasteiger partial charge in [0.1, 0.15) is 5.75 Å². The van der Waals surface area contributed by atoms with Crippen molar-refractivity contribution in [3.8, 4) is 5.75 Å². The molecule has 0 fully saturated rings. The van der Waals surface area contributed by atoms with Gasteiger partial charge in [0.05, 0.1) is 23.8 Å². The van der Waals surface area contributed by atoms with E-state index in [0.29, 0.717) is 5.96 Å². The largest absolute Gasteiger partial charge is 0.491 e. The maximum Gasteiger partial charge on any atom is 0.191 e. The summed E-state index contributed by atoms with van der Waals surface area (Å²) in [7, 11) is 0. The third kappa shape index (κ3) is 9.31. The number of aliphatic hydroxyl groups excluding tert-OH is 1. The molecule has 0 aliphatic heterocycles. The lowest BCUT2D eigenvalue weighted by Crippen LogP contribution is -2.38. The Labute approximate surface area is 195 Å². The van der Waals surface area contributed by atoms with Crippen molar-refractivity contribution in [3.05, 3.63) is 45.9 Å². The lowest BCUT2D eigenvalue weighted by molar-refractivity contribution is 0.185. The van der Waals surface area contributed by atoms with E-state index in [1.54, 1.807) is 11.3 Å². The summed E-state index contributed by atoms with van der Waals surface area (Å²) in [5, 5.41) is 18.2. The number of aryl methyl sites for hydroxylation is 1. The van der Waals surface area contributed by atoms with E-state index in [0.717, 1.165) is 42.3 Å². The monoisotopic (exact) mass is 532 g/mol. The van der Waals surface area contributed by atoms with Crippen LogP contribution in [-0.2, 0) is 12.8 Å². The molecule has 1 aromatic heterocycles. The van der Waals surface area contributed by atoms with Crippen LogP contribution in [0.2, 0.25) is 0 Å². The van der Waals surface area contributed by atoms with E-state index >= 15 is 0 Å². The van der Waals surface area contributed by atoms with Crippen LogP contribution in [-0.4, -0.2) is 41.8 Å². The molecule has 0 bridgehead atoms. The summed E-state index contributed by atoms with van der Waals surface area (Å²) in [5.41, 5.74) is 0.799. The molecule has 0 aliphatic rings. The van der Waals surface area contributed by atoms with Crippen LogP contribution in [0.4, 0.5) is 0 Å². The summed E-state index contributed by atoms with van der Waals surface area (Å²) in [6.45, 7) is 9.91. The van der Waals surface area contributed by atoms with Gasteiger partial charge in [-0.3, -0.25) is 4.99 Å². The van der Waals surface area contributed by atoms with Crippen LogP contribution < -0.4 is 15.4 Å². The topological polar surface area (TPSA) is 78.8 Å². The Kier molecular flexibility index (Phi) is 12.2. The van der Waals surface area contributed by atoms with Gasteiger partial charge in [-0.2, -0.15) is 0 Å². The van der Waals surface area contributed by atoms with Gasteiger partial charge in [-0.25, -0.2) is 4.98 Å². The first-order valence-corrected chi connectivity index (χ1v) is 10.7. The molecule has 0 saturated carbocycles. The quantitative estimate of drug-likeness (QED) is 0.246. The fraction of sp³-hybridized carbons (Fsp3) is 0.524. The molecule has 6 nitrogen and oxygen atoms in total. The van der Waals surface area contributed by atoms with Crippen LogP contribution in [0, 0.1) is 0 Å². The number of thiazole rings is 1. The Hall–Kier alpha value is -1.39. The highest BCUT2D eigenvalue weighted by Crippen LogP contribution is 2.20. The molecule has 1 heterocycles. The number of halogens is 1. The third-order valence-corrected chi connectivity index (χ3v) is 5.16. The maximum absolute atomic E-state index is 10.5. The van der Waals surface area contributed by atoms with Gasteiger partial charge in [0.25, 0.3) is 0 Å². The number of nitrogens with zero attached hydrogens (tertiary/aromatic N) is 2. The average molecular weight is 532 g/mol. The highest BCUT2D eigenvalue weighted by atomic mass is 127. The molecular formula is C21H33IN4O2S. The minimum Gasteiger partial charge on any atom is -0.491 e. The normalized spacial score (nSPS) is 12.4. The van der Waals surface area contributed by atoms with Gasteiger partial charge in [0.2, 0.25) is 0 Å². The fourth-order valence-corrected chi connectivity index (χ4v) is 3.47. The molecule has 0 radical (unpaired) electrons. The predicted octanol–water partition coefficient (Wildman–Crippen LogP) is 3.94. The second-order valence-corrected chi connectivity index (χ2v) is 7.92. The molecule has 1 atom stereocenters. The van der Waals surface area contributed by atoms with Crippen molar-refractivity contribution < 1.29 is 9.84 Å². The van der Waals surface area contributed by atoms with Crippen LogP contribution in [0.3, 0.4) is 0 Å². The molecule has 1 aromatic carbocycles. The molecule has 3 N–H and O–H groups in total. The highest BCUT2D eigenvalue weighted by Gasteiger charge is 2.10. The standard InChI is InChI=1S/C21H32N4O2S.HI/c1-5-18-13-24-20(28-18)10-11-23-21(22-6-2)25-14-19(26)16-8-7-9-17(12-16)27-15(3)4;/h7-9,12-13,15,19,26H,5-6,10-11,14H2,1-4H3,(H2,22,23,25);1H. The van der Waals surface area contributed by atoms with Crippen molar-refractivity contribution in [2.24, 2.45) is 4.99 Å². The van der Waals surface area contributed by atoms with Gasteiger partial charge in [-0.15, -0.1) is 35.3 Å². The predicted molar refractivity (Wildman–Crippen MR) is 132 cm³/mol. The number of rotatable bonds is 10. The number of aromatic nitrogens is 1. The second kappa shape index (κ2) is 13.8. The minimum atomic E-state index is -0.683. The lowest BCUT2D eigenvalue weighted by Gasteiger charge is -2.15. The molecule has 162 valence electrons. The number of aliphatic imine (C=N–C) groups is 1. The van der Waals surface area contributed by atoms with Crippen LogP contribution in [0.15, 0.2) is 35.5 Å². The summed E-state index contributed by atoms with van der Waals surface area (Å²) in [6.07, 6.45) is 3.24. The van der Waals surface area contributed by atoms with E-state index < -0.39 is 6.10 Å². The molecule has 0 saturated heterocycles. The zero-order valence-corrected chi connectivity index (χ0v) is 20.8. The molecule has 29 heavy (non-hydrogen) atoms. The first-order chi connectivity index (χ1) is 13.5. The van der Waals surface area contributed by atoms with Gasteiger partial charge in [0.15, 0.2) is 5.96 Å². The van der Waals surface area contributed by atoms with Crippen LogP contribution in [0.1, 0.15) is 49.2 Å². The smallest absolute Gasteiger partial charge is 0.191 e. The number of hydrogen-bond acceptors (Lipinski definition) is 5. The Morgan fingerprint density at radius 2 is 2.07 bits per heavy atom. The van der Waals surface area contributed by atoms with Gasteiger partial charge >= 0.3 is 0 Å². The molecule has 2 aromatic rings. The van der Waals surface area contributed by atoms with Gasteiger partial charge in [-0.05, 0) is 44.9 Å². The molecule has 0 spiro atoms. The Morgan fingerprint density at radius 1 is 1.28 bits per heavy atom. The van der Waals surface area contributed by atoms with Gasteiger partial charge in [-0.1, -0.05) is 19.1 Å². The van der Waals surface area contributed by atoms with Crippen molar-refractivity contribution in [2.75, 3.05) is 19.6 Å². The maximum atomic E-state index is 10.5. The van der Waals surface area contributed by atoms with Crippen molar-refractivity contribution in [1.82, 2.24) is 15.6 Å². The number of benzene rings is 1. The van der Waals surface area contributed by atoms with Crippen molar-refractivity contribution in [3.63, 3.8) is 0 Å². The zero-order chi connectivity index (χ0) is 20.4. The Morgan fingerprint density at radius 3 is 2.72 bits per heavy atom. The zero-order valence-electron chi connectivity index (χ0n) is 17.6. The van der Waals surface area contributed by atoms with Crippen molar-refractivity contribution in [1.29, 1.82) is 0 Å². The molecule has 0 aliphatic carbocycles. The van der Waals surface area contributed by atoms with Gasteiger partial charge in [0, 0.05) is 30.6 Å². The summed E-state index contributed by atoms with van der Waals surface area (Å²) in [4.78, 5) is 10.3. The highest BCUT2D eigenvalue weighted by molar-refractivity contribution is 14.0.